The first-order valence-corrected chi connectivity index (χ1v) is 8.22. The molecule has 0 amide bonds. The van der Waals surface area contributed by atoms with Crippen molar-refractivity contribution in [2.24, 2.45) is 11.1 Å². The molecule has 3 rings (SSSR count). The van der Waals surface area contributed by atoms with Crippen LogP contribution in [0.25, 0.3) is 0 Å². The number of allylic oxidation sites excluding steroid dienone is 3. The van der Waals surface area contributed by atoms with Gasteiger partial charge in [-0.3, -0.25) is 9.48 Å². The zero-order valence-electron chi connectivity index (χ0n) is 13.9. The number of rotatable bonds is 2. The second kappa shape index (κ2) is 5.67. The third kappa shape index (κ3) is 2.49. The fourth-order valence-electron chi connectivity index (χ4n) is 3.47. The molecule has 0 saturated heterocycles. The van der Waals surface area contributed by atoms with E-state index in [0.29, 0.717) is 41.4 Å². The van der Waals surface area contributed by atoms with Crippen molar-refractivity contribution in [3.05, 3.63) is 39.7 Å². The zero-order chi connectivity index (χ0) is 17.6. The lowest BCUT2D eigenvalue weighted by Gasteiger charge is -2.37. The van der Waals surface area contributed by atoms with Gasteiger partial charge in [-0.1, -0.05) is 25.4 Å². The fourth-order valence-corrected chi connectivity index (χ4v) is 3.72. The van der Waals surface area contributed by atoms with Gasteiger partial charge in [0.1, 0.15) is 17.4 Å². The molecule has 24 heavy (non-hydrogen) atoms. The molecule has 0 saturated carbocycles. The fraction of sp³-hybridized carbons (Fsp3) is 0.471. The number of nitriles is 1. The average Bonchev–Trinajstić information content (AvgIpc) is 2.85. The second-order valence-corrected chi connectivity index (χ2v) is 7.30. The summed E-state index contributed by atoms with van der Waals surface area (Å²) in [6.07, 6.45) is 2.50. The lowest BCUT2D eigenvalue weighted by Crippen LogP contribution is -2.34. The van der Waals surface area contributed by atoms with Crippen molar-refractivity contribution in [3.8, 4) is 6.07 Å². The van der Waals surface area contributed by atoms with Gasteiger partial charge in [0.25, 0.3) is 0 Å². The van der Waals surface area contributed by atoms with E-state index in [-0.39, 0.29) is 22.7 Å². The zero-order valence-corrected chi connectivity index (χ0v) is 14.6. The number of hydrogen-bond acceptors (Lipinski definition) is 5. The van der Waals surface area contributed by atoms with Crippen LogP contribution in [0.3, 0.4) is 0 Å². The quantitative estimate of drug-likeness (QED) is 0.888. The van der Waals surface area contributed by atoms with Crippen LogP contribution in [-0.2, 0) is 16.1 Å². The van der Waals surface area contributed by atoms with Crippen molar-refractivity contribution in [3.63, 3.8) is 0 Å². The molecule has 0 unspecified atom stereocenters. The molecular formula is C17H19ClN4O2. The molecule has 2 aliphatic rings. The average molecular weight is 347 g/mol. The van der Waals surface area contributed by atoms with Gasteiger partial charge in [-0.25, -0.2) is 0 Å². The predicted molar refractivity (Wildman–Crippen MR) is 88.6 cm³/mol. The largest absolute Gasteiger partial charge is 0.444 e. The highest BCUT2D eigenvalue weighted by Crippen LogP contribution is 2.48. The summed E-state index contributed by atoms with van der Waals surface area (Å²) in [5, 5.41) is 14.2. The number of aryl methyl sites for hydroxylation is 1. The Balaban J connectivity index is 2.25. The van der Waals surface area contributed by atoms with E-state index >= 15 is 0 Å². The first-order valence-electron chi connectivity index (χ1n) is 7.84. The summed E-state index contributed by atoms with van der Waals surface area (Å²) in [5.41, 5.74) is 7.08. The maximum Gasteiger partial charge on any atom is 0.205 e. The van der Waals surface area contributed by atoms with Crippen LogP contribution < -0.4 is 5.73 Å². The molecule has 1 atom stereocenters. The van der Waals surface area contributed by atoms with Crippen molar-refractivity contribution < 1.29 is 9.53 Å². The molecule has 1 aromatic rings. The van der Waals surface area contributed by atoms with Crippen LogP contribution >= 0.6 is 11.6 Å². The van der Waals surface area contributed by atoms with Crippen LogP contribution in [-0.4, -0.2) is 15.6 Å². The van der Waals surface area contributed by atoms with E-state index in [1.165, 1.54) is 6.20 Å². The van der Waals surface area contributed by atoms with Crippen LogP contribution in [0.1, 0.15) is 45.2 Å². The molecule has 0 spiro atoms. The minimum atomic E-state index is -0.628. The summed E-state index contributed by atoms with van der Waals surface area (Å²) in [6.45, 7) is 6.51. The molecule has 7 heteroatoms. The number of carbonyl (C=O) groups excluding carboxylic acids is 1. The van der Waals surface area contributed by atoms with Gasteiger partial charge in [-0.05, 0) is 12.3 Å². The summed E-state index contributed by atoms with van der Waals surface area (Å²) < 4.78 is 7.36. The van der Waals surface area contributed by atoms with Gasteiger partial charge in [-0.2, -0.15) is 10.4 Å². The summed E-state index contributed by atoms with van der Waals surface area (Å²) in [6, 6.07) is 2.09. The topological polar surface area (TPSA) is 93.9 Å². The Morgan fingerprint density at radius 2 is 2.25 bits per heavy atom. The van der Waals surface area contributed by atoms with E-state index in [1.54, 1.807) is 4.68 Å². The molecular weight excluding hydrogens is 328 g/mol. The van der Waals surface area contributed by atoms with E-state index in [0.717, 1.165) is 0 Å². The Morgan fingerprint density at radius 1 is 1.54 bits per heavy atom. The predicted octanol–water partition coefficient (Wildman–Crippen LogP) is 3.01. The van der Waals surface area contributed by atoms with Crippen LogP contribution in [0.15, 0.2) is 29.0 Å². The molecule has 126 valence electrons. The van der Waals surface area contributed by atoms with Crippen molar-refractivity contribution >= 4 is 17.4 Å². The number of halogens is 1. The van der Waals surface area contributed by atoms with Crippen LogP contribution in [0.2, 0.25) is 5.02 Å². The molecule has 0 radical (unpaired) electrons. The van der Waals surface area contributed by atoms with Crippen molar-refractivity contribution in [2.75, 3.05) is 0 Å². The number of aromatic nitrogens is 2. The van der Waals surface area contributed by atoms with Crippen LogP contribution in [0, 0.1) is 16.7 Å². The molecule has 6 nitrogen and oxygen atoms in total. The standard InChI is InChI=1S/C17H19ClN4O2/c1-4-22-15(10(18)8-21-22)13-9(7-19)16(20)24-12-6-17(2,3)5-11(23)14(12)13/h8,13H,4-6,20H2,1-3H3/t13-/m0/s1. The van der Waals surface area contributed by atoms with Crippen LogP contribution in [0.5, 0.6) is 0 Å². The van der Waals surface area contributed by atoms with Gasteiger partial charge in [-0.15, -0.1) is 0 Å². The third-order valence-corrected chi connectivity index (χ3v) is 4.77. The summed E-state index contributed by atoms with van der Waals surface area (Å²) in [5.74, 6) is -0.0898. The molecule has 1 aliphatic carbocycles. The van der Waals surface area contributed by atoms with E-state index < -0.39 is 5.92 Å². The summed E-state index contributed by atoms with van der Waals surface area (Å²) >= 11 is 6.33. The number of nitrogens with zero attached hydrogens (tertiary/aromatic N) is 3. The molecule has 2 heterocycles. The first kappa shape index (κ1) is 16.6. The minimum absolute atomic E-state index is 0.0340. The van der Waals surface area contributed by atoms with Gasteiger partial charge >= 0.3 is 0 Å². The second-order valence-electron chi connectivity index (χ2n) is 6.90. The van der Waals surface area contributed by atoms with Crippen molar-refractivity contribution in [1.29, 1.82) is 5.26 Å². The van der Waals surface area contributed by atoms with Gasteiger partial charge in [0, 0.05) is 25.0 Å². The van der Waals surface area contributed by atoms with Gasteiger partial charge < -0.3 is 10.5 Å². The lowest BCUT2D eigenvalue weighted by molar-refractivity contribution is -0.119. The first-order chi connectivity index (χ1) is 11.3. The number of ether oxygens (including phenoxy) is 1. The Kier molecular flexibility index (Phi) is 3.92. The Labute approximate surface area is 145 Å². The van der Waals surface area contributed by atoms with E-state index in [2.05, 4.69) is 11.2 Å². The highest BCUT2D eigenvalue weighted by molar-refractivity contribution is 6.31. The number of hydrogen-bond donors (Lipinski definition) is 1. The lowest BCUT2D eigenvalue weighted by atomic mass is 9.71. The summed E-state index contributed by atoms with van der Waals surface area (Å²) in [4.78, 5) is 12.8. The van der Waals surface area contributed by atoms with Crippen LogP contribution in [0.4, 0.5) is 0 Å². The van der Waals surface area contributed by atoms with E-state index in [4.69, 9.17) is 22.1 Å². The SMILES string of the molecule is CCn1ncc(Cl)c1[C@H]1C(C#N)=C(N)OC2=C1C(=O)CC(C)(C)C2. The number of ketones is 1. The van der Waals surface area contributed by atoms with Gasteiger partial charge in [0.15, 0.2) is 5.78 Å². The molecule has 1 aromatic heterocycles. The maximum absolute atomic E-state index is 12.8. The van der Waals surface area contributed by atoms with Gasteiger partial charge in [0.2, 0.25) is 5.88 Å². The molecule has 0 aromatic carbocycles. The molecule has 1 aliphatic heterocycles. The maximum atomic E-state index is 12.8. The highest BCUT2D eigenvalue weighted by atomic mass is 35.5. The minimum Gasteiger partial charge on any atom is -0.444 e. The number of Topliss-reactive ketones (excluding diaryl/α,β-unsaturated/α-hetero) is 1. The monoisotopic (exact) mass is 346 g/mol. The van der Waals surface area contributed by atoms with E-state index in [9.17, 15) is 10.1 Å². The Morgan fingerprint density at radius 3 is 2.88 bits per heavy atom. The van der Waals surface area contributed by atoms with Crippen molar-refractivity contribution in [1.82, 2.24) is 9.78 Å². The summed E-state index contributed by atoms with van der Waals surface area (Å²) in [7, 11) is 0. The molecule has 2 N–H and O–H groups in total. The molecule has 0 bridgehead atoms. The third-order valence-electron chi connectivity index (χ3n) is 4.48. The molecule has 0 fully saturated rings. The Hall–Kier alpha value is -2.26. The van der Waals surface area contributed by atoms with E-state index in [1.807, 2.05) is 20.8 Å². The smallest absolute Gasteiger partial charge is 0.205 e. The highest BCUT2D eigenvalue weighted by Gasteiger charge is 2.44. The Bertz CT molecular complexity index is 826. The normalized spacial score (nSPS) is 23.0. The van der Waals surface area contributed by atoms with Gasteiger partial charge in [0.05, 0.1) is 22.8 Å². The van der Waals surface area contributed by atoms with Crippen molar-refractivity contribution in [2.45, 2.75) is 46.1 Å². The number of carbonyl (C=O) groups is 1. The number of nitrogens with two attached hydrogens (primary N) is 1.